The van der Waals surface area contributed by atoms with E-state index in [4.69, 9.17) is 18.9 Å². The van der Waals surface area contributed by atoms with Gasteiger partial charge in [0.1, 0.15) is 13.2 Å². The largest absolute Gasteiger partial charge is 0.545 e. The third kappa shape index (κ3) is 64.4. The van der Waals surface area contributed by atoms with Crippen molar-refractivity contribution in [2.45, 2.75) is 334 Å². The lowest BCUT2D eigenvalue weighted by atomic mass is 10.0. The number of carbonyl (C=O) groups is 3. The second kappa shape index (κ2) is 63.0. The Morgan fingerprint density at radius 2 is 0.704 bits per heavy atom. The van der Waals surface area contributed by atoms with E-state index in [0.29, 0.717) is 23.9 Å². The van der Waals surface area contributed by atoms with Crippen molar-refractivity contribution in [3.8, 4) is 0 Å². The van der Waals surface area contributed by atoms with Crippen LogP contribution in [0.25, 0.3) is 0 Å². The average molecular weight is 1140 g/mol. The number of unbranched alkanes of at least 4 members (excludes halogenated alkanes) is 39. The molecule has 0 aliphatic heterocycles. The molecule has 9 heteroatoms. The Balaban J connectivity index is 4.09. The number of carboxylic acid groups (broad SMARTS) is 1. The fourth-order valence-electron chi connectivity index (χ4n) is 10.0. The predicted molar refractivity (Wildman–Crippen MR) is 343 cm³/mol. The lowest BCUT2D eigenvalue weighted by molar-refractivity contribution is -0.870. The number of esters is 2. The molecule has 0 aromatic heterocycles. The number of rotatable bonds is 64. The Morgan fingerprint density at radius 1 is 0.383 bits per heavy atom. The highest BCUT2D eigenvalue weighted by Crippen LogP contribution is 2.18. The summed E-state index contributed by atoms with van der Waals surface area (Å²) < 4.78 is 22.8. The first-order chi connectivity index (χ1) is 39.6. The summed E-state index contributed by atoms with van der Waals surface area (Å²) in [5.74, 6) is -2.28. The zero-order valence-electron chi connectivity index (χ0n) is 53.9. The highest BCUT2D eigenvalue weighted by atomic mass is 16.7. The highest BCUT2D eigenvalue weighted by molar-refractivity contribution is 5.70. The first-order valence-electron chi connectivity index (χ1n) is 34.4. The fourth-order valence-corrected chi connectivity index (χ4v) is 10.0. The van der Waals surface area contributed by atoms with Crippen LogP contribution in [0.15, 0.2) is 60.8 Å². The van der Waals surface area contributed by atoms with Gasteiger partial charge in [-0.25, -0.2) is 0 Å². The monoisotopic (exact) mass is 1140 g/mol. The van der Waals surface area contributed by atoms with Crippen LogP contribution in [0.2, 0.25) is 0 Å². The second-order valence-corrected chi connectivity index (χ2v) is 24.4. The number of hydrogen-bond donors (Lipinski definition) is 0. The molecular formula is C72H131NO8. The Hall–Kier alpha value is -3.01. The van der Waals surface area contributed by atoms with Crippen molar-refractivity contribution in [2.75, 3.05) is 47.5 Å². The van der Waals surface area contributed by atoms with Crippen LogP contribution in [0.3, 0.4) is 0 Å². The molecule has 2 atom stereocenters. The van der Waals surface area contributed by atoms with Crippen molar-refractivity contribution in [2.24, 2.45) is 0 Å². The first kappa shape index (κ1) is 78.0. The summed E-state index contributed by atoms with van der Waals surface area (Å²) in [6, 6.07) is 0. The molecule has 0 fully saturated rings. The number of nitrogens with zero attached hydrogens (tertiary/aromatic N) is 1. The van der Waals surface area contributed by atoms with Crippen molar-refractivity contribution >= 4 is 17.9 Å². The topological polar surface area (TPSA) is 111 Å². The van der Waals surface area contributed by atoms with Crippen molar-refractivity contribution < 1.29 is 42.9 Å². The first-order valence-corrected chi connectivity index (χ1v) is 34.4. The van der Waals surface area contributed by atoms with E-state index in [2.05, 4.69) is 74.6 Å². The molecule has 9 nitrogen and oxygen atoms in total. The molecule has 0 aliphatic rings. The highest BCUT2D eigenvalue weighted by Gasteiger charge is 2.22. The molecule has 0 rings (SSSR count). The normalized spacial score (nSPS) is 13.0. The van der Waals surface area contributed by atoms with E-state index in [1.54, 1.807) is 0 Å². The van der Waals surface area contributed by atoms with Crippen LogP contribution >= 0.6 is 0 Å². The summed E-state index contributed by atoms with van der Waals surface area (Å²) in [5, 5.41) is 11.8. The van der Waals surface area contributed by atoms with E-state index >= 15 is 0 Å². The van der Waals surface area contributed by atoms with Crippen LogP contribution in [0.1, 0.15) is 322 Å². The van der Waals surface area contributed by atoms with Crippen molar-refractivity contribution in [3.05, 3.63) is 60.8 Å². The number of carbonyl (C=O) groups excluding carboxylic acids is 3. The maximum absolute atomic E-state index is 12.9. The average Bonchev–Trinajstić information content (AvgIpc) is 3.44. The van der Waals surface area contributed by atoms with Crippen LogP contribution in [-0.4, -0.2) is 82.3 Å². The van der Waals surface area contributed by atoms with Gasteiger partial charge in [-0.15, -0.1) is 0 Å². The quantitative estimate of drug-likeness (QED) is 0.0195. The zero-order chi connectivity index (χ0) is 59.1. The molecule has 0 saturated heterocycles. The van der Waals surface area contributed by atoms with Gasteiger partial charge in [-0.2, -0.15) is 0 Å². The molecule has 81 heavy (non-hydrogen) atoms. The van der Waals surface area contributed by atoms with E-state index in [1.165, 1.54) is 212 Å². The Morgan fingerprint density at radius 3 is 1.05 bits per heavy atom. The maximum atomic E-state index is 12.9. The van der Waals surface area contributed by atoms with Crippen LogP contribution < -0.4 is 5.11 Å². The molecule has 0 N–H and O–H groups in total. The van der Waals surface area contributed by atoms with E-state index in [-0.39, 0.29) is 32.2 Å². The Kier molecular flexibility index (Phi) is 60.7. The summed E-state index contributed by atoms with van der Waals surface area (Å²) >= 11 is 0. The third-order valence-corrected chi connectivity index (χ3v) is 15.3. The fraction of sp³-hybridized carbons (Fsp3) is 0.819. The lowest BCUT2D eigenvalue weighted by Crippen LogP contribution is -2.44. The summed E-state index contributed by atoms with van der Waals surface area (Å²) in [6.45, 7) is 4.68. The standard InChI is InChI=1S/C72H131NO8/c1-6-8-10-12-14-16-18-20-22-24-26-28-30-32-33-34-35-36-37-39-40-42-44-46-48-50-52-54-56-58-60-62-69(74)79-66-68(67-80-72(71(76)77)78-65-64-73(3,4)5)81-70(75)63-61-59-57-55-53-51-49-47-45-43-41-38-31-29-27-25-23-21-19-17-15-13-11-9-7-2/h9,11,15,17,21,23,27,29,38,41,68,72H,6-8,10,12-14,16,18-20,22,24-26,28,30-37,39-40,42-67H2,1-5H3/b11-9-,17-15-,23-21-,29-27-,41-38-. The molecule has 0 radical (unpaired) electrons. The number of ether oxygens (including phenoxy) is 4. The van der Waals surface area contributed by atoms with Gasteiger partial charge >= 0.3 is 11.9 Å². The molecule has 0 heterocycles. The minimum atomic E-state index is -1.62. The summed E-state index contributed by atoms with van der Waals surface area (Å²) in [5.41, 5.74) is 0. The van der Waals surface area contributed by atoms with E-state index in [1.807, 2.05) is 21.1 Å². The van der Waals surface area contributed by atoms with Gasteiger partial charge in [0.15, 0.2) is 12.4 Å². The van der Waals surface area contributed by atoms with Crippen LogP contribution in [0.5, 0.6) is 0 Å². The second-order valence-electron chi connectivity index (χ2n) is 24.4. The zero-order valence-corrected chi connectivity index (χ0v) is 53.9. The molecule has 0 saturated carbocycles. The van der Waals surface area contributed by atoms with Crippen molar-refractivity contribution in [3.63, 3.8) is 0 Å². The summed E-state index contributed by atoms with van der Waals surface area (Å²) in [4.78, 5) is 37.5. The Labute approximate surface area is 501 Å². The van der Waals surface area contributed by atoms with Gasteiger partial charge in [-0.05, 0) is 57.8 Å². The summed E-state index contributed by atoms with van der Waals surface area (Å²) in [6.07, 6.45) is 78.8. The van der Waals surface area contributed by atoms with Gasteiger partial charge in [0, 0.05) is 12.8 Å². The summed E-state index contributed by atoms with van der Waals surface area (Å²) in [7, 11) is 5.93. The number of carboxylic acids is 1. The van der Waals surface area contributed by atoms with Crippen molar-refractivity contribution in [1.29, 1.82) is 0 Å². The number of allylic oxidation sites excluding steroid dienone is 10. The SMILES string of the molecule is CC/C=C\C/C=C\C/C=C\C/C=C\C/C=C\CCCCCCCCCCCC(=O)OC(COC(=O)CCCCCCCCCCCCCCCCCCCCCCCCCCCCCCCCC)COC(OCC[N+](C)(C)C)C(=O)[O-]. The molecule has 0 bridgehead atoms. The lowest BCUT2D eigenvalue weighted by Gasteiger charge is -2.26. The maximum Gasteiger partial charge on any atom is 0.306 e. The number of hydrogen-bond acceptors (Lipinski definition) is 8. The Bertz CT molecular complexity index is 1510. The minimum absolute atomic E-state index is 0.146. The van der Waals surface area contributed by atoms with Gasteiger partial charge < -0.3 is 33.3 Å². The molecule has 0 aliphatic carbocycles. The number of quaternary nitrogens is 1. The predicted octanol–water partition coefficient (Wildman–Crippen LogP) is 19.8. The van der Waals surface area contributed by atoms with Gasteiger partial charge in [-0.1, -0.05) is 312 Å². The molecule has 0 aromatic rings. The number of aliphatic carboxylic acids is 1. The number of likely N-dealkylation sites (N-methyl/N-ethyl adjacent to an activating group) is 1. The van der Waals surface area contributed by atoms with Crippen LogP contribution in [0.4, 0.5) is 0 Å². The van der Waals surface area contributed by atoms with Gasteiger partial charge in [-0.3, -0.25) is 9.59 Å². The molecule has 2 unspecified atom stereocenters. The molecule has 472 valence electrons. The molecule has 0 spiro atoms. The molecule has 0 aromatic carbocycles. The van der Waals surface area contributed by atoms with Gasteiger partial charge in [0.25, 0.3) is 0 Å². The molecule has 0 amide bonds. The van der Waals surface area contributed by atoms with E-state index in [0.717, 1.165) is 77.0 Å². The third-order valence-electron chi connectivity index (χ3n) is 15.3. The van der Waals surface area contributed by atoms with E-state index < -0.39 is 24.3 Å². The van der Waals surface area contributed by atoms with Crippen molar-refractivity contribution in [1.82, 2.24) is 0 Å². The van der Waals surface area contributed by atoms with Crippen LogP contribution in [0, 0.1) is 0 Å². The molecular weight excluding hydrogens is 1010 g/mol. The van der Waals surface area contributed by atoms with Gasteiger partial charge in [0.05, 0.1) is 40.3 Å². The minimum Gasteiger partial charge on any atom is -0.545 e. The smallest absolute Gasteiger partial charge is 0.306 e. The van der Waals surface area contributed by atoms with Crippen LogP contribution in [-0.2, 0) is 33.3 Å². The van der Waals surface area contributed by atoms with Gasteiger partial charge in [0.2, 0.25) is 0 Å². The van der Waals surface area contributed by atoms with E-state index in [9.17, 15) is 19.5 Å².